The molecular weight excluding hydrogens is 168 g/mol. The molecule has 0 N–H and O–H groups in total. The Kier molecular flexibility index (Phi) is 3.51. The van der Waals surface area contributed by atoms with Crippen LogP contribution in [0.4, 0.5) is 0 Å². The van der Waals surface area contributed by atoms with Crippen molar-refractivity contribution in [2.45, 2.75) is 19.1 Å². The molecule has 0 aliphatic heterocycles. The standard InChI is InChI=1S/C6H12O4S/c1-4-10-6(7)5(2)11(3,8)9/h5H,4H2,1-3H3/t5-/m1/s1. The van der Waals surface area contributed by atoms with Gasteiger partial charge in [0, 0.05) is 6.26 Å². The molecule has 0 aromatic heterocycles. The third-order valence-corrected chi connectivity index (χ3v) is 2.74. The lowest BCUT2D eigenvalue weighted by Crippen LogP contribution is -2.28. The van der Waals surface area contributed by atoms with E-state index in [1.54, 1.807) is 6.92 Å². The van der Waals surface area contributed by atoms with Crippen molar-refractivity contribution in [2.75, 3.05) is 12.9 Å². The Labute approximate surface area is 66.5 Å². The summed E-state index contributed by atoms with van der Waals surface area (Å²) in [5, 5.41) is -1.05. The van der Waals surface area contributed by atoms with E-state index in [0.29, 0.717) is 0 Å². The molecule has 11 heavy (non-hydrogen) atoms. The number of carbonyl (C=O) groups is 1. The minimum absolute atomic E-state index is 0.207. The van der Waals surface area contributed by atoms with E-state index in [1.807, 2.05) is 0 Å². The van der Waals surface area contributed by atoms with Gasteiger partial charge in [0.15, 0.2) is 15.1 Å². The first kappa shape index (κ1) is 10.4. The fourth-order valence-corrected chi connectivity index (χ4v) is 0.852. The Morgan fingerprint density at radius 3 is 2.27 bits per heavy atom. The summed E-state index contributed by atoms with van der Waals surface area (Å²) >= 11 is 0. The van der Waals surface area contributed by atoms with E-state index in [9.17, 15) is 13.2 Å². The van der Waals surface area contributed by atoms with Crippen molar-refractivity contribution in [2.24, 2.45) is 0 Å². The first-order valence-corrected chi connectivity index (χ1v) is 5.20. The summed E-state index contributed by atoms with van der Waals surface area (Å²) < 4.78 is 26.0. The number of sulfone groups is 1. The van der Waals surface area contributed by atoms with Crippen molar-refractivity contribution in [3.05, 3.63) is 0 Å². The summed E-state index contributed by atoms with van der Waals surface area (Å²) in [6.45, 7) is 3.15. The van der Waals surface area contributed by atoms with E-state index in [4.69, 9.17) is 0 Å². The Morgan fingerprint density at radius 1 is 1.55 bits per heavy atom. The van der Waals surface area contributed by atoms with E-state index in [1.165, 1.54) is 6.92 Å². The average Bonchev–Trinajstić information content (AvgIpc) is 1.85. The minimum atomic E-state index is -3.30. The SMILES string of the molecule is CCOC(=O)[C@@H](C)S(C)(=O)=O. The first-order chi connectivity index (χ1) is 4.89. The van der Waals surface area contributed by atoms with Crippen LogP contribution < -0.4 is 0 Å². The molecule has 0 rings (SSSR count). The second kappa shape index (κ2) is 3.71. The van der Waals surface area contributed by atoms with Crippen molar-refractivity contribution in [3.8, 4) is 0 Å². The lowest BCUT2D eigenvalue weighted by Gasteiger charge is -2.06. The largest absolute Gasteiger partial charge is 0.465 e. The number of ether oxygens (including phenoxy) is 1. The zero-order chi connectivity index (χ0) is 9.07. The summed E-state index contributed by atoms with van der Waals surface area (Å²) in [6, 6.07) is 0. The highest BCUT2D eigenvalue weighted by Crippen LogP contribution is 1.99. The summed E-state index contributed by atoms with van der Waals surface area (Å²) in [6.07, 6.45) is 1.01. The number of esters is 1. The molecule has 0 spiro atoms. The van der Waals surface area contributed by atoms with Gasteiger partial charge in [0.05, 0.1) is 6.61 Å². The second-order valence-corrected chi connectivity index (χ2v) is 4.59. The Balaban J connectivity index is 4.27. The molecule has 0 aliphatic carbocycles. The molecule has 5 heteroatoms. The summed E-state index contributed by atoms with van der Waals surface area (Å²) in [5.74, 6) is -0.685. The van der Waals surface area contributed by atoms with Crippen LogP contribution in [0, 0.1) is 0 Å². The summed E-state index contributed by atoms with van der Waals surface area (Å²) in [4.78, 5) is 10.8. The maximum Gasteiger partial charge on any atom is 0.323 e. The molecule has 4 nitrogen and oxygen atoms in total. The van der Waals surface area contributed by atoms with Crippen LogP contribution in [0.25, 0.3) is 0 Å². The van der Waals surface area contributed by atoms with Crippen molar-refractivity contribution >= 4 is 15.8 Å². The molecule has 0 fully saturated rings. The van der Waals surface area contributed by atoms with Gasteiger partial charge in [-0.05, 0) is 13.8 Å². The maximum absolute atomic E-state index is 10.8. The van der Waals surface area contributed by atoms with E-state index in [-0.39, 0.29) is 6.61 Å². The number of rotatable bonds is 3. The van der Waals surface area contributed by atoms with E-state index in [2.05, 4.69) is 4.74 Å². The van der Waals surface area contributed by atoms with E-state index >= 15 is 0 Å². The molecule has 0 saturated carbocycles. The molecule has 0 aromatic carbocycles. The van der Waals surface area contributed by atoms with Crippen LogP contribution in [0.5, 0.6) is 0 Å². The monoisotopic (exact) mass is 180 g/mol. The third kappa shape index (κ3) is 3.36. The van der Waals surface area contributed by atoms with Gasteiger partial charge in [0.1, 0.15) is 0 Å². The summed E-state index contributed by atoms with van der Waals surface area (Å²) in [5.41, 5.74) is 0. The number of hydrogen-bond donors (Lipinski definition) is 0. The van der Waals surface area contributed by atoms with Crippen LogP contribution in [-0.4, -0.2) is 32.5 Å². The fraction of sp³-hybridized carbons (Fsp3) is 0.833. The predicted octanol–water partition coefficient (Wildman–Crippen LogP) is -0.0174. The average molecular weight is 180 g/mol. The predicted molar refractivity (Wildman–Crippen MR) is 40.9 cm³/mol. The minimum Gasteiger partial charge on any atom is -0.465 e. The fourth-order valence-electron chi connectivity index (χ4n) is 0.434. The van der Waals surface area contributed by atoms with E-state index in [0.717, 1.165) is 6.26 Å². The van der Waals surface area contributed by atoms with Gasteiger partial charge in [-0.15, -0.1) is 0 Å². The molecule has 1 atom stereocenters. The highest BCUT2D eigenvalue weighted by Gasteiger charge is 2.24. The van der Waals surface area contributed by atoms with Gasteiger partial charge in [0.25, 0.3) is 0 Å². The van der Waals surface area contributed by atoms with E-state index < -0.39 is 21.1 Å². The molecule has 0 saturated heterocycles. The zero-order valence-corrected chi connectivity index (χ0v) is 7.64. The molecule has 0 unspecified atom stereocenters. The van der Waals surface area contributed by atoms with Crippen LogP contribution in [0.2, 0.25) is 0 Å². The molecule has 0 aliphatic rings. The Morgan fingerprint density at radius 2 is 2.00 bits per heavy atom. The first-order valence-electron chi connectivity index (χ1n) is 3.25. The van der Waals surface area contributed by atoms with Gasteiger partial charge < -0.3 is 4.74 Å². The van der Waals surface area contributed by atoms with Crippen molar-refractivity contribution in [1.82, 2.24) is 0 Å². The van der Waals surface area contributed by atoms with Gasteiger partial charge in [-0.3, -0.25) is 4.79 Å². The molecule has 0 amide bonds. The third-order valence-electron chi connectivity index (χ3n) is 1.26. The highest BCUT2D eigenvalue weighted by atomic mass is 32.2. The van der Waals surface area contributed by atoms with Crippen LogP contribution in [0.15, 0.2) is 0 Å². The van der Waals surface area contributed by atoms with Crippen LogP contribution in [0.1, 0.15) is 13.8 Å². The quantitative estimate of drug-likeness (QED) is 0.573. The summed E-state index contributed by atoms with van der Waals surface area (Å²) in [7, 11) is -3.30. The van der Waals surface area contributed by atoms with Crippen molar-refractivity contribution < 1.29 is 17.9 Å². The van der Waals surface area contributed by atoms with Gasteiger partial charge >= 0.3 is 5.97 Å². The van der Waals surface area contributed by atoms with Crippen LogP contribution >= 0.6 is 0 Å². The number of carbonyl (C=O) groups excluding carboxylic acids is 1. The highest BCUT2D eigenvalue weighted by molar-refractivity contribution is 7.92. The molecule has 0 bridgehead atoms. The smallest absolute Gasteiger partial charge is 0.323 e. The molecule has 0 aromatic rings. The van der Waals surface area contributed by atoms with Gasteiger partial charge in [-0.2, -0.15) is 0 Å². The molecule has 66 valence electrons. The van der Waals surface area contributed by atoms with Gasteiger partial charge in [0.2, 0.25) is 0 Å². The second-order valence-electron chi connectivity index (χ2n) is 2.22. The van der Waals surface area contributed by atoms with Crippen molar-refractivity contribution in [3.63, 3.8) is 0 Å². The van der Waals surface area contributed by atoms with Gasteiger partial charge in [-0.1, -0.05) is 0 Å². The zero-order valence-electron chi connectivity index (χ0n) is 6.83. The molecule has 0 heterocycles. The normalized spacial score (nSPS) is 14.1. The molecule has 0 radical (unpaired) electrons. The lowest BCUT2D eigenvalue weighted by molar-refractivity contribution is -0.142. The molecular formula is C6H12O4S. The Hall–Kier alpha value is -0.580. The maximum atomic E-state index is 10.8. The number of hydrogen-bond acceptors (Lipinski definition) is 4. The van der Waals surface area contributed by atoms with Gasteiger partial charge in [-0.25, -0.2) is 8.42 Å². The Bertz CT molecular complexity index is 229. The van der Waals surface area contributed by atoms with Crippen LogP contribution in [0.3, 0.4) is 0 Å². The lowest BCUT2D eigenvalue weighted by atomic mass is 10.5. The van der Waals surface area contributed by atoms with Crippen molar-refractivity contribution in [1.29, 1.82) is 0 Å². The topological polar surface area (TPSA) is 60.4 Å². The van der Waals surface area contributed by atoms with Crippen LogP contribution in [-0.2, 0) is 19.4 Å².